The van der Waals surface area contributed by atoms with Crippen molar-refractivity contribution in [1.29, 1.82) is 0 Å². The largest absolute Gasteiger partial charge is 0.325 e. The van der Waals surface area contributed by atoms with Gasteiger partial charge in [0, 0.05) is 5.69 Å². The highest BCUT2D eigenvalue weighted by atomic mass is 16.1. The summed E-state index contributed by atoms with van der Waals surface area (Å²) in [5.74, 6) is 0.756. The maximum absolute atomic E-state index is 11.8. The van der Waals surface area contributed by atoms with Gasteiger partial charge in [0.2, 0.25) is 5.91 Å². The van der Waals surface area contributed by atoms with Gasteiger partial charge in [0.15, 0.2) is 0 Å². The third kappa shape index (κ3) is 3.42. The van der Waals surface area contributed by atoms with E-state index in [1.54, 1.807) is 17.2 Å². The van der Waals surface area contributed by atoms with E-state index in [0.717, 1.165) is 23.8 Å². The zero-order chi connectivity index (χ0) is 13.8. The molecular formula is C14H17N5O. The van der Waals surface area contributed by atoms with Gasteiger partial charge in [0.1, 0.15) is 12.7 Å². The lowest BCUT2D eigenvalue weighted by Gasteiger charge is -2.08. The second-order valence-electron chi connectivity index (χ2n) is 5.04. The van der Waals surface area contributed by atoms with E-state index in [1.807, 2.05) is 24.3 Å². The summed E-state index contributed by atoms with van der Waals surface area (Å²) in [4.78, 5) is 11.8. The lowest BCUT2D eigenvalue weighted by atomic mass is 10.2. The molecule has 0 unspecified atom stereocenters. The van der Waals surface area contributed by atoms with Crippen molar-refractivity contribution in [3.8, 4) is 5.69 Å². The number of carbonyl (C=O) groups is 1. The van der Waals surface area contributed by atoms with E-state index in [0.29, 0.717) is 6.54 Å². The number of benzene rings is 1. The number of nitrogens with zero attached hydrogens (tertiary/aromatic N) is 3. The summed E-state index contributed by atoms with van der Waals surface area (Å²) >= 11 is 0. The monoisotopic (exact) mass is 271 g/mol. The number of hydrogen-bond donors (Lipinski definition) is 2. The van der Waals surface area contributed by atoms with E-state index in [2.05, 4.69) is 20.8 Å². The molecule has 0 atom stereocenters. The Kier molecular flexibility index (Phi) is 3.73. The zero-order valence-corrected chi connectivity index (χ0v) is 11.1. The van der Waals surface area contributed by atoms with Gasteiger partial charge >= 0.3 is 0 Å². The van der Waals surface area contributed by atoms with Gasteiger partial charge in [0.25, 0.3) is 0 Å². The molecule has 1 aliphatic carbocycles. The highest BCUT2D eigenvalue weighted by Crippen LogP contribution is 2.27. The molecule has 0 radical (unpaired) electrons. The minimum atomic E-state index is -0.0217. The quantitative estimate of drug-likeness (QED) is 0.828. The molecule has 1 saturated carbocycles. The van der Waals surface area contributed by atoms with Gasteiger partial charge in [-0.3, -0.25) is 9.36 Å². The van der Waals surface area contributed by atoms with Crippen molar-refractivity contribution >= 4 is 11.6 Å². The molecule has 20 heavy (non-hydrogen) atoms. The normalized spacial score (nSPS) is 14.2. The SMILES string of the molecule is O=C(CNCC1CC1)Nc1cccc(-n2cnnc2)c1. The second kappa shape index (κ2) is 5.83. The van der Waals surface area contributed by atoms with Crippen LogP contribution in [0.15, 0.2) is 36.9 Å². The van der Waals surface area contributed by atoms with Crippen LogP contribution >= 0.6 is 0 Å². The van der Waals surface area contributed by atoms with Crippen LogP contribution in [0.1, 0.15) is 12.8 Å². The first-order valence-electron chi connectivity index (χ1n) is 6.77. The molecule has 1 aromatic heterocycles. The molecule has 0 saturated heterocycles. The number of rotatable bonds is 6. The summed E-state index contributed by atoms with van der Waals surface area (Å²) in [6, 6.07) is 7.59. The van der Waals surface area contributed by atoms with Crippen molar-refractivity contribution in [2.24, 2.45) is 5.92 Å². The summed E-state index contributed by atoms with van der Waals surface area (Å²) in [6.07, 6.45) is 5.82. The van der Waals surface area contributed by atoms with E-state index in [1.165, 1.54) is 12.8 Å². The zero-order valence-electron chi connectivity index (χ0n) is 11.1. The summed E-state index contributed by atoms with van der Waals surface area (Å²) in [5.41, 5.74) is 1.69. The van der Waals surface area contributed by atoms with E-state index in [4.69, 9.17) is 0 Å². The maximum atomic E-state index is 11.8. The van der Waals surface area contributed by atoms with Gasteiger partial charge in [-0.2, -0.15) is 0 Å². The number of hydrogen-bond acceptors (Lipinski definition) is 4. The third-order valence-corrected chi connectivity index (χ3v) is 3.26. The van der Waals surface area contributed by atoms with E-state index < -0.39 is 0 Å². The van der Waals surface area contributed by atoms with Gasteiger partial charge in [-0.1, -0.05) is 6.07 Å². The fourth-order valence-corrected chi connectivity index (χ4v) is 2.00. The number of anilines is 1. The van der Waals surface area contributed by atoms with Crippen molar-refractivity contribution in [2.75, 3.05) is 18.4 Å². The van der Waals surface area contributed by atoms with E-state index >= 15 is 0 Å². The highest BCUT2D eigenvalue weighted by Gasteiger charge is 2.20. The number of aromatic nitrogens is 3. The van der Waals surface area contributed by atoms with Gasteiger partial charge in [-0.05, 0) is 43.5 Å². The molecule has 1 amide bonds. The Balaban J connectivity index is 1.56. The number of amides is 1. The standard InChI is InChI=1S/C14H17N5O/c20-14(8-15-7-11-4-5-11)18-12-2-1-3-13(6-12)19-9-16-17-10-19/h1-3,6,9-11,15H,4-5,7-8H2,(H,18,20). The first-order chi connectivity index (χ1) is 9.81. The molecule has 3 rings (SSSR count). The Bertz CT molecular complexity index is 577. The lowest BCUT2D eigenvalue weighted by Crippen LogP contribution is -2.29. The Labute approximate surface area is 117 Å². The van der Waals surface area contributed by atoms with Crippen LogP contribution in [0.4, 0.5) is 5.69 Å². The molecule has 2 N–H and O–H groups in total. The number of carbonyl (C=O) groups excluding carboxylic acids is 1. The van der Waals surface area contributed by atoms with Crippen molar-refractivity contribution in [3.63, 3.8) is 0 Å². The second-order valence-corrected chi connectivity index (χ2v) is 5.04. The average Bonchev–Trinajstić information content (AvgIpc) is 3.10. The van der Waals surface area contributed by atoms with Gasteiger partial charge in [-0.15, -0.1) is 10.2 Å². The molecule has 6 nitrogen and oxygen atoms in total. The summed E-state index contributed by atoms with van der Waals surface area (Å²) in [7, 11) is 0. The minimum Gasteiger partial charge on any atom is -0.325 e. The molecule has 1 aliphatic rings. The first-order valence-corrected chi connectivity index (χ1v) is 6.77. The molecular weight excluding hydrogens is 254 g/mol. The van der Waals surface area contributed by atoms with Crippen LogP contribution in [0.25, 0.3) is 5.69 Å². The smallest absolute Gasteiger partial charge is 0.238 e. The topological polar surface area (TPSA) is 71.8 Å². The summed E-state index contributed by atoms with van der Waals surface area (Å²) in [5, 5.41) is 13.6. The van der Waals surface area contributed by atoms with Gasteiger partial charge in [-0.25, -0.2) is 0 Å². The highest BCUT2D eigenvalue weighted by molar-refractivity contribution is 5.92. The molecule has 0 spiro atoms. The first kappa shape index (κ1) is 12.8. The molecule has 2 aromatic rings. The third-order valence-electron chi connectivity index (χ3n) is 3.26. The molecule has 0 bridgehead atoms. The Morgan fingerprint density at radius 2 is 2.10 bits per heavy atom. The summed E-state index contributed by atoms with van der Waals surface area (Å²) in [6.45, 7) is 1.29. The average molecular weight is 271 g/mol. The van der Waals surface area contributed by atoms with Crippen molar-refractivity contribution in [1.82, 2.24) is 20.1 Å². The fraction of sp³-hybridized carbons (Fsp3) is 0.357. The van der Waals surface area contributed by atoms with Crippen molar-refractivity contribution < 1.29 is 4.79 Å². The predicted octanol–water partition coefficient (Wildman–Crippen LogP) is 1.21. The van der Waals surface area contributed by atoms with Crippen molar-refractivity contribution in [2.45, 2.75) is 12.8 Å². The molecule has 0 aliphatic heterocycles. The Morgan fingerprint density at radius 1 is 1.30 bits per heavy atom. The number of nitrogens with one attached hydrogen (secondary N) is 2. The maximum Gasteiger partial charge on any atom is 0.238 e. The van der Waals surface area contributed by atoms with E-state index in [9.17, 15) is 4.79 Å². The van der Waals surface area contributed by atoms with Crippen LogP contribution in [0, 0.1) is 5.92 Å². The Morgan fingerprint density at radius 3 is 2.85 bits per heavy atom. The van der Waals surface area contributed by atoms with Crippen LogP contribution in [-0.4, -0.2) is 33.8 Å². The van der Waals surface area contributed by atoms with Crippen LogP contribution < -0.4 is 10.6 Å². The predicted molar refractivity (Wildman–Crippen MR) is 75.6 cm³/mol. The summed E-state index contributed by atoms with van der Waals surface area (Å²) < 4.78 is 1.79. The molecule has 1 heterocycles. The minimum absolute atomic E-state index is 0.0217. The molecule has 6 heteroatoms. The molecule has 104 valence electrons. The Hall–Kier alpha value is -2.21. The molecule has 1 aromatic carbocycles. The van der Waals surface area contributed by atoms with Crippen LogP contribution in [0.5, 0.6) is 0 Å². The van der Waals surface area contributed by atoms with E-state index in [-0.39, 0.29) is 5.91 Å². The van der Waals surface area contributed by atoms with Gasteiger partial charge < -0.3 is 10.6 Å². The molecule has 1 fully saturated rings. The van der Waals surface area contributed by atoms with Crippen LogP contribution in [-0.2, 0) is 4.79 Å². The van der Waals surface area contributed by atoms with Crippen LogP contribution in [0.2, 0.25) is 0 Å². The lowest BCUT2D eigenvalue weighted by molar-refractivity contribution is -0.115. The van der Waals surface area contributed by atoms with Crippen molar-refractivity contribution in [3.05, 3.63) is 36.9 Å². The van der Waals surface area contributed by atoms with Crippen LogP contribution in [0.3, 0.4) is 0 Å². The van der Waals surface area contributed by atoms with Gasteiger partial charge in [0.05, 0.1) is 12.2 Å². The fourth-order valence-electron chi connectivity index (χ4n) is 2.00.